The van der Waals surface area contributed by atoms with E-state index in [9.17, 15) is 4.79 Å². The van der Waals surface area contributed by atoms with Crippen molar-refractivity contribution in [2.24, 2.45) is 5.92 Å². The van der Waals surface area contributed by atoms with Gasteiger partial charge in [0.1, 0.15) is 0 Å². The van der Waals surface area contributed by atoms with E-state index in [1.165, 1.54) is 0 Å². The lowest BCUT2D eigenvalue weighted by molar-refractivity contribution is 0.0931. The van der Waals surface area contributed by atoms with E-state index in [1.54, 1.807) is 12.1 Å². The Labute approximate surface area is 123 Å². The molecule has 1 N–H and O–H groups in total. The van der Waals surface area contributed by atoms with E-state index < -0.39 is 0 Å². The molecule has 0 saturated heterocycles. The summed E-state index contributed by atoms with van der Waals surface area (Å²) in [6, 6.07) is 5.41. The molecule has 0 aromatic heterocycles. The van der Waals surface area contributed by atoms with Gasteiger partial charge < -0.3 is 5.32 Å². The first-order valence-electron chi connectivity index (χ1n) is 5.28. The molecule has 0 aliphatic carbocycles. The Morgan fingerprint density at radius 2 is 2.12 bits per heavy atom. The van der Waals surface area contributed by atoms with Crippen LogP contribution in [0.25, 0.3) is 0 Å². The van der Waals surface area contributed by atoms with E-state index in [0.717, 1.165) is 9.80 Å². The second-order valence-electron chi connectivity index (χ2n) is 4.00. The normalized spacial score (nSPS) is 14.2. The summed E-state index contributed by atoms with van der Waals surface area (Å²) in [6.45, 7) is 4.05. The number of alkyl halides is 1. The van der Waals surface area contributed by atoms with Crippen LogP contribution in [0.2, 0.25) is 5.02 Å². The summed E-state index contributed by atoms with van der Waals surface area (Å²) in [4.78, 5) is 12.0. The summed E-state index contributed by atoms with van der Waals surface area (Å²) in [6.07, 6.45) is 0. The first-order valence-corrected chi connectivity index (χ1v) is 7.57. The maximum atomic E-state index is 12.0. The molecule has 0 aliphatic heterocycles. The Morgan fingerprint density at radius 1 is 1.47 bits per heavy atom. The van der Waals surface area contributed by atoms with Gasteiger partial charge in [-0.3, -0.25) is 4.79 Å². The highest BCUT2D eigenvalue weighted by Crippen LogP contribution is 2.26. The lowest BCUT2D eigenvalue weighted by Gasteiger charge is -2.19. The standard InChI is InChI=1S/C12H14Br2ClNO/c1-7(6-13)8(2)16-12(17)9-4-3-5-10(14)11(9)15/h3-5,7-8H,6H2,1-2H3,(H,16,17). The van der Waals surface area contributed by atoms with Crippen LogP contribution < -0.4 is 5.32 Å². The number of benzene rings is 1. The summed E-state index contributed by atoms with van der Waals surface area (Å²) < 4.78 is 0.730. The van der Waals surface area contributed by atoms with Crippen molar-refractivity contribution in [3.8, 4) is 0 Å². The highest BCUT2D eigenvalue weighted by atomic mass is 79.9. The van der Waals surface area contributed by atoms with Crippen LogP contribution in [0.5, 0.6) is 0 Å². The average Bonchev–Trinajstić information content (AvgIpc) is 2.31. The third-order valence-electron chi connectivity index (χ3n) is 2.65. The fourth-order valence-electron chi connectivity index (χ4n) is 1.24. The van der Waals surface area contributed by atoms with E-state index in [2.05, 4.69) is 44.1 Å². The number of carbonyl (C=O) groups is 1. The number of amides is 1. The van der Waals surface area contributed by atoms with Crippen LogP contribution in [-0.4, -0.2) is 17.3 Å². The molecule has 0 spiro atoms. The molecule has 5 heteroatoms. The van der Waals surface area contributed by atoms with Crippen molar-refractivity contribution < 1.29 is 4.79 Å². The van der Waals surface area contributed by atoms with Gasteiger partial charge in [-0.25, -0.2) is 0 Å². The smallest absolute Gasteiger partial charge is 0.253 e. The summed E-state index contributed by atoms with van der Waals surface area (Å²) >= 11 is 12.8. The van der Waals surface area contributed by atoms with Crippen LogP contribution in [0.1, 0.15) is 24.2 Å². The summed E-state index contributed by atoms with van der Waals surface area (Å²) in [7, 11) is 0. The van der Waals surface area contributed by atoms with Crippen LogP contribution in [0.15, 0.2) is 22.7 Å². The molecule has 2 unspecified atom stereocenters. The minimum atomic E-state index is -0.142. The number of rotatable bonds is 4. The van der Waals surface area contributed by atoms with Gasteiger partial charge in [0.25, 0.3) is 5.91 Å². The van der Waals surface area contributed by atoms with E-state index in [-0.39, 0.29) is 11.9 Å². The van der Waals surface area contributed by atoms with Crippen molar-refractivity contribution in [1.82, 2.24) is 5.32 Å². The van der Waals surface area contributed by atoms with Crippen molar-refractivity contribution >= 4 is 49.4 Å². The van der Waals surface area contributed by atoms with E-state index in [1.807, 2.05) is 13.0 Å². The molecule has 2 atom stereocenters. The molecule has 1 aromatic carbocycles. The van der Waals surface area contributed by atoms with Crippen molar-refractivity contribution in [2.45, 2.75) is 19.9 Å². The van der Waals surface area contributed by atoms with Gasteiger partial charge in [-0.05, 0) is 40.9 Å². The minimum Gasteiger partial charge on any atom is -0.349 e. The molecule has 94 valence electrons. The van der Waals surface area contributed by atoms with Gasteiger partial charge in [0.05, 0.1) is 10.6 Å². The van der Waals surface area contributed by atoms with Crippen molar-refractivity contribution in [3.05, 3.63) is 33.3 Å². The molecule has 1 amide bonds. The average molecular weight is 384 g/mol. The Hall–Kier alpha value is -0.0600. The molecular formula is C12H14Br2ClNO. The van der Waals surface area contributed by atoms with Gasteiger partial charge in [-0.1, -0.05) is 40.5 Å². The monoisotopic (exact) mass is 381 g/mol. The quantitative estimate of drug-likeness (QED) is 0.774. The van der Waals surface area contributed by atoms with Gasteiger partial charge in [0, 0.05) is 15.8 Å². The molecule has 17 heavy (non-hydrogen) atoms. The molecule has 0 bridgehead atoms. The summed E-state index contributed by atoms with van der Waals surface area (Å²) in [5.74, 6) is 0.224. The maximum Gasteiger partial charge on any atom is 0.253 e. The zero-order valence-corrected chi connectivity index (χ0v) is 13.6. The number of halogens is 3. The Bertz CT molecular complexity index is 411. The van der Waals surface area contributed by atoms with E-state index >= 15 is 0 Å². The van der Waals surface area contributed by atoms with Crippen LogP contribution in [0.3, 0.4) is 0 Å². The first-order chi connectivity index (χ1) is 7.97. The van der Waals surface area contributed by atoms with Crippen molar-refractivity contribution in [1.29, 1.82) is 0 Å². The molecule has 1 aromatic rings. The highest BCUT2D eigenvalue weighted by molar-refractivity contribution is 9.10. The van der Waals surface area contributed by atoms with Gasteiger partial charge in [-0.2, -0.15) is 0 Å². The molecule has 0 heterocycles. The predicted octanol–water partition coefficient (Wildman–Crippen LogP) is 4.25. The predicted molar refractivity (Wildman–Crippen MR) is 79.0 cm³/mol. The largest absolute Gasteiger partial charge is 0.349 e. The highest BCUT2D eigenvalue weighted by Gasteiger charge is 2.17. The van der Waals surface area contributed by atoms with Gasteiger partial charge in [-0.15, -0.1) is 0 Å². The second kappa shape index (κ2) is 6.76. The molecule has 2 nitrogen and oxygen atoms in total. The van der Waals surface area contributed by atoms with E-state index in [0.29, 0.717) is 16.5 Å². The van der Waals surface area contributed by atoms with Crippen LogP contribution in [0.4, 0.5) is 0 Å². The van der Waals surface area contributed by atoms with Crippen LogP contribution >= 0.6 is 43.5 Å². The topological polar surface area (TPSA) is 29.1 Å². The van der Waals surface area contributed by atoms with Gasteiger partial charge in [0.2, 0.25) is 0 Å². The lowest BCUT2D eigenvalue weighted by atomic mass is 10.1. The van der Waals surface area contributed by atoms with Crippen molar-refractivity contribution in [3.63, 3.8) is 0 Å². The van der Waals surface area contributed by atoms with E-state index in [4.69, 9.17) is 11.6 Å². The third-order valence-corrected chi connectivity index (χ3v) is 4.97. The fraction of sp³-hybridized carbons (Fsp3) is 0.417. The molecule has 0 fully saturated rings. The Morgan fingerprint density at radius 3 is 2.71 bits per heavy atom. The molecule has 0 radical (unpaired) electrons. The number of carbonyl (C=O) groups excluding carboxylic acids is 1. The molecule has 0 saturated carbocycles. The number of nitrogens with one attached hydrogen (secondary N) is 1. The van der Waals surface area contributed by atoms with Crippen LogP contribution in [-0.2, 0) is 0 Å². The van der Waals surface area contributed by atoms with Crippen LogP contribution in [0, 0.1) is 5.92 Å². The third kappa shape index (κ3) is 3.97. The fourth-order valence-corrected chi connectivity index (χ4v) is 2.38. The van der Waals surface area contributed by atoms with Gasteiger partial charge >= 0.3 is 0 Å². The second-order valence-corrected chi connectivity index (χ2v) is 5.87. The Kier molecular flexibility index (Phi) is 5.97. The molecule has 0 aliphatic rings. The van der Waals surface area contributed by atoms with Crippen molar-refractivity contribution in [2.75, 3.05) is 5.33 Å². The maximum absolute atomic E-state index is 12.0. The zero-order valence-electron chi connectivity index (χ0n) is 9.64. The summed E-state index contributed by atoms with van der Waals surface area (Å²) in [5.41, 5.74) is 0.495. The molecule has 1 rings (SSSR count). The SMILES string of the molecule is CC(CBr)C(C)NC(=O)c1cccc(Br)c1Cl. The summed E-state index contributed by atoms with van der Waals surface area (Å²) in [5, 5.41) is 4.24. The minimum absolute atomic E-state index is 0.0944. The number of hydrogen-bond donors (Lipinski definition) is 1. The lowest BCUT2D eigenvalue weighted by Crippen LogP contribution is -2.37. The molecular weight excluding hydrogens is 369 g/mol. The zero-order chi connectivity index (χ0) is 13.0. The first kappa shape index (κ1) is 15.0. The number of hydrogen-bond acceptors (Lipinski definition) is 1. The Balaban J connectivity index is 2.80. The van der Waals surface area contributed by atoms with Gasteiger partial charge in [0.15, 0.2) is 0 Å².